The van der Waals surface area contributed by atoms with Crippen LogP contribution in [0.25, 0.3) is 11.0 Å². The number of imidazole rings is 1. The molecule has 0 saturated carbocycles. The zero-order valence-electron chi connectivity index (χ0n) is 11.2. The van der Waals surface area contributed by atoms with E-state index in [9.17, 15) is 14.7 Å². The number of aromatic amines is 1. The van der Waals surface area contributed by atoms with Gasteiger partial charge in [-0.15, -0.1) is 0 Å². The Labute approximate surface area is 115 Å². The third-order valence-electron chi connectivity index (χ3n) is 3.89. The lowest BCUT2D eigenvalue weighted by molar-refractivity contribution is 0.00989. The zero-order chi connectivity index (χ0) is 14.3. The minimum Gasteiger partial charge on any atom is -0.478 e. The van der Waals surface area contributed by atoms with Crippen molar-refractivity contribution in [2.45, 2.75) is 25.3 Å². The van der Waals surface area contributed by atoms with Crippen LogP contribution in [0.2, 0.25) is 0 Å². The van der Waals surface area contributed by atoms with Gasteiger partial charge >= 0.3 is 11.7 Å². The summed E-state index contributed by atoms with van der Waals surface area (Å²) < 4.78 is 7.04. The van der Waals surface area contributed by atoms with Gasteiger partial charge < -0.3 is 14.8 Å². The van der Waals surface area contributed by atoms with Crippen LogP contribution in [0.4, 0.5) is 0 Å². The third-order valence-corrected chi connectivity index (χ3v) is 3.89. The summed E-state index contributed by atoms with van der Waals surface area (Å²) >= 11 is 0. The minimum absolute atomic E-state index is 0.132. The van der Waals surface area contributed by atoms with Crippen LogP contribution in [0, 0.1) is 0 Å². The molecule has 0 amide bonds. The van der Waals surface area contributed by atoms with Crippen molar-refractivity contribution < 1.29 is 14.6 Å². The third kappa shape index (κ3) is 1.84. The smallest absolute Gasteiger partial charge is 0.337 e. The Balaban J connectivity index is 2.32. The Morgan fingerprint density at radius 1 is 1.50 bits per heavy atom. The Morgan fingerprint density at radius 2 is 2.30 bits per heavy atom. The Morgan fingerprint density at radius 3 is 2.95 bits per heavy atom. The van der Waals surface area contributed by atoms with Crippen LogP contribution in [0.1, 0.15) is 30.1 Å². The fourth-order valence-corrected chi connectivity index (χ4v) is 2.94. The van der Waals surface area contributed by atoms with E-state index >= 15 is 0 Å². The molecule has 2 heterocycles. The second-order valence-electron chi connectivity index (χ2n) is 5.43. The summed E-state index contributed by atoms with van der Waals surface area (Å²) in [7, 11) is 0. The van der Waals surface area contributed by atoms with Crippen LogP contribution in [0.3, 0.4) is 0 Å². The van der Waals surface area contributed by atoms with Crippen LogP contribution in [-0.2, 0) is 10.3 Å². The topological polar surface area (TPSA) is 84.3 Å². The average molecular weight is 276 g/mol. The van der Waals surface area contributed by atoms with Crippen LogP contribution >= 0.6 is 0 Å². The summed E-state index contributed by atoms with van der Waals surface area (Å²) in [6.07, 6.45) is 1.64. The summed E-state index contributed by atoms with van der Waals surface area (Å²) in [5.41, 5.74) is 0.313. The van der Waals surface area contributed by atoms with E-state index in [1.807, 2.05) is 6.92 Å². The highest BCUT2D eigenvalue weighted by Crippen LogP contribution is 2.30. The second-order valence-corrected chi connectivity index (χ2v) is 5.43. The van der Waals surface area contributed by atoms with Gasteiger partial charge in [-0.05, 0) is 31.9 Å². The number of para-hydroxylation sites is 1. The van der Waals surface area contributed by atoms with Crippen molar-refractivity contribution in [3.8, 4) is 0 Å². The van der Waals surface area contributed by atoms with Gasteiger partial charge in [0.25, 0.3) is 0 Å². The molecule has 106 valence electrons. The lowest BCUT2D eigenvalue weighted by atomic mass is 9.94. The molecule has 1 aliphatic rings. The van der Waals surface area contributed by atoms with Gasteiger partial charge in [0.2, 0.25) is 0 Å². The highest BCUT2D eigenvalue weighted by molar-refractivity contribution is 6.01. The van der Waals surface area contributed by atoms with E-state index in [2.05, 4.69) is 4.98 Å². The number of aromatic nitrogens is 2. The summed E-state index contributed by atoms with van der Waals surface area (Å²) in [6.45, 7) is 3.02. The average Bonchev–Trinajstić information content (AvgIpc) is 2.75. The van der Waals surface area contributed by atoms with Crippen molar-refractivity contribution in [1.29, 1.82) is 0 Å². The molecule has 1 atom stereocenters. The number of nitrogens with one attached hydrogen (secondary N) is 1. The van der Waals surface area contributed by atoms with Gasteiger partial charge in [0.05, 0.1) is 28.7 Å². The molecular formula is C14H16N2O4. The van der Waals surface area contributed by atoms with E-state index in [4.69, 9.17) is 4.74 Å². The van der Waals surface area contributed by atoms with Gasteiger partial charge in [-0.3, -0.25) is 4.57 Å². The molecule has 0 bridgehead atoms. The summed E-state index contributed by atoms with van der Waals surface area (Å²) in [5.74, 6) is -1.04. The fourth-order valence-electron chi connectivity index (χ4n) is 2.94. The Hall–Kier alpha value is -2.08. The number of aromatic carboxylic acids is 1. The molecule has 6 heteroatoms. The molecule has 1 saturated heterocycles. The molecule has 1 fully saturated rings. The van der Waals surface area contributed by atoms with Crippen molar-refractivity contribution in [2.24, 2.45) is 0 Å². The molecule has 1 aromatic carbocycles. The predicted molar refractivity (Wildman–Crippen MR) is 73.2 cm³/mol. The standard InChI is InChI=1S/C14H16N2O4/c1-14(6-3-7-20-8-14)16-11-9(12(17)18)4-2-5-10(11)15-13(16)19/h2,4-5H,3,6-8H2,1H3,(H,15,19)(H,17,18). The molecule has 6 nitrogen and oxygen atoms in total. The SMILES string of the molecule is CC1(n2c(=O)[nH]c3cccc(C(=O)O)c32)CCCOC1. The normalized spacial score (nSPS) is 23.1. The van der Waals surface area contributed by atoms with Gasteiger partial charge in [-0.1, -0.05) is 6.07 Å². The molecular weight excluding hydrogens is 260 g/mol. The number of hydrogen-bond acceptors (Lipinski definition) is 3. The first kappa shape index (κ1) is 12.9. The van der Waals surface area contributed by atoms with Gasteiger partial charge in [-0.2, -0.15) is 0 Å². The van der Waals surface area contributed by atoms with E-state index in [0.29, 0.717) is 24.2 Å². The maximum absolute atomic E-state index is 12.3. The summed E-state index contributed by atoms with van der Waals surface area (Å²) in [5, 5.41) is 9.34. The van der Waals surface area contributed by atoms with E-state index in [1.165, 1.54) is 6.07 Å². The number of H-pyrrole nitrogens is 1. The number of benzene rings is 1. The highest BCUT2D eigenvalue weighted by Gasteiger charge is 2.33. The molecule has 3 rings (SSSR count). The number of hydrogen-bond donors (Lipinski definition) is 2. The molecule has 0 spiro atoms. The van der Waals surface area contributed by atoms with Gasteiger partial charge in [0, 0.05) is 6.61 Å². The van der Waals surface area contributed by atoms with Crippen LogP contribution in [-0.4, -0.2) is 33.8 Å². The van der Waals surface area contributed by atoms with Crippen LogP contribution in [0.5, 0.6) is 0 Å². The monoisotopic (exact) mass is 276 g/mol. The van der Waals surface area contributed by atoms with Crippen molar-refractivity contribution in [3.63, 3.8) is 0 Å². The Kier molecular flexibility index (Phi) is 2.90. The second kappa shape index (κ2) is 4.49. The molecule has 20 heavy (non-hydrogen) atoms. The first-order valence-corrected chi connectivity index (χ1v) is 6.58. The van der Waals surface area contributed by atoms with Crippen molar-refractivity contribution in [2.75, 3.05) is 13.2 Å². The largest absolute Gasteiger partial charge is 0.478 e. The van der Waals surface area contributed by atoms with E-state index < -0.39 is 11.5 Å². The predicted octanol–water partition coefficient (Wildman–Crippen LogP) is 1.55. The first-order chi connectivity index (χ1) is 9.53. The number of rotatable bonds is 2. The lowest BCUT2D eigenvalue weighted by Crippen LogP contribution is -2.44. The first-order valence-electron chi connectivity index (χ1n) is 6.58. The molecule has 0 aliphatic carbocycles. The van der Waals surface area contributed by atoms with Gasteiger partial charge in [0.15, 0.2) is 0 Å². The van der Waals surface area contributed by atoms with Crippen LogP contribution in [0.15, 0.2) is 23.0 Å². The Bertz CT molecular complexity index is 722. The summed E-state index contributed by atoms with van der Waals surface area (Å²) in [4.78, 5) is 26.4. The molecule has 1 unspecified atom stereocenters. The van der Waals surface area contributed by atoms with Crippen molar-refractivity contribution in [3.05, 3.63) is 34.2 Å². The zero-order valence-corrected chi connectivity index (χ0v) is 11.2. The minimum atomic E-state index is -1.04. The molecule has 1 aliphatic heterocycles. The quantitative estimate of drug-likeness (QED) is 0.871. The van der Waals surface area contributed by atoms with E-state index in [0.717, 1.165) is 12.8 Å². The number of ether oxygens (including phenoxy) is 1. The molecule has 0 radical (unpaired) electrons. The number of carbonyl (C=O) groups is 1. The molecule has 2 N–H and O–H groups in total. The lowest BCUT2D eigenvalue weighted by Gasteiger charge is -2.34. The molecule has 1 aromatic heterocycles. The van der Waals surface area contributed by atoms with Gasteiger partial charge in [-0.25, -0.2) is 9.59 Å². The number of carboxylic acids is 1. The number of nitrogens with zero attached hydrogens (tertiary/aromatic N) is 1. The van der Waals surface area contributed by atoms with Crippen LogP contribution < -0.4 is 5.69 Å². The maximum Gasteiger partial charge on any atom is 0.337 e. The maximum atomic E-state index is 12.3. The van der Waals surface area contributed by atoms with Crippen molar-refractivity contribution in [1.82, 2.24) is 9.55 Å². The number of carboxylic acid groups (broad SMARTS) is 1. The highest BCUT2D eigenvalue weighted by atomic mass is 16.5. The van der Waals surface area contributed by atoms with Crippen molar-refractivity contribution >= 4 is 17.0 Å². The van der Waals surface area contributed by atoms with E-state index in [-0.39, 0.29) is 11.3 Å². The van der Waals surface area contributed by atoms with Gasteiger partial charge in [0.1, 0.15) is 0 Å². The molecule has 2 aromatic rings. The number of fused-ring (bicyclic) bond motifs is 1. The fraction of sp³-hybridized carbons (Fsp3) is 0.429. The summed E-state index contributed by atoms with van der Waals surface area (Å²) in [6, 6.07) is 4.86. The van der Waals surface area contributed by atoms with E-state index in [1.54, 1.807) is 16.7 Å².